The Morgan fingerprint density at radius 3 is 0.955 bits per heavy atom. The Balaban J connectivity index is 0.0000000949. The van der Waals surface area contributed by atoms with Gasteiger partial charge in [-0.25, -0.2) is 49.8 Å². The summed E-state index contributed by atoms with van der Waals surface area (Å²) in [5.41, 5.74) is 24.6. The molecule has 0 saturated carbocycles. The number of halogens is 5. The van der Waals surface area contributed by atoms with Gasteiger partial charge in [0.25, 0.3) is 0 Å². The van der Waals surface area contributed by atoms with Crippen molar-refractivity contribution in [2.75, 3.05) is 0 Å². The van der Waals surface area contributed by atoms with Gasteiger partial charge in [0.1, 0.15) is 30.4 Å². The Morgan fingerprint density at radius 2 is 0.493 bits per heavy atom. The zero-order valence-electron chi connectivity index (χ0n) is 71.4. The number of thiophene rings is 2. The molecule has 0 N–H and O–H groups in total. The second-order valence-corrected chi connectivity index (χ2v) is 41.1. The van der Waals surface area contributed by atoms with Crippen LogP contribution < -0.4 is 10.4 Å². The average molecular weight is 1880 g/mol. The minimum Gasteiger partial charge on any atom is -0.455 e. The molecule has 12 nitrogen and oxygen atoms in total. The maximum atomic E-state index is 6.27. The number of benzene rings is 17. The van der Waals surface area contributed by atoms with Crippen molar-refractivity contribution >= 4 is 238 Å². The van der Waals surface area contributed by atoms with Crippen LogP contribution in [0.25, 0.3) is 228 Å². The summed E-state index contributed by atoms with van der Waals surface area (Å²) in [5, 5.41) is 18.9. The predicted octanol–water partition coefficient (Wildman–Crippen LogP) is 32.4. The van der Waals surface area contributed by atoms with E-state index in [0.29, 0.717) is 5.28 Å². The van der Waals surface area contributed by atoms with Crippen molar-refractivity contribution in [3.05, 3.63) is 409 Å². The SMILES string of the molecule is C[Si]1(C)c2ccccc2-c2cccc(-c3nc(Cl)nc4ccccc34)c21.Clc1nc(-c2ccc(-c3cccc4c3oc3ccccc34)cc2)c2ccccc2n1.Clc1nc(-c2ccc(-c3cccc4c3sc3ccccc34)cc2)c2ccccc2n1.Clc1nc(-c2cccc3c2oc2ccccc23)c2ccccc2n1.Clc1nc(-c2cccc3c2sc2ccccc23)c2ccccc2n1. The third-order valence-electron chi connectivity index (χ3n) is 24.8. The lowest BCUT2D eigenvalue weighted by Crippen LogP contribution is -2.50. The van der Waals surface area contributed by atoms with E-state index in [1.807, 2.05) is 175 Å². The Kier molecular flexibility index (Phi) is 21.8. The van der Waals surface area contributed by atoms with E-state index < -0.39 is 8.07 Å². The third kappa shape index (κ3) is 15.3. The molecule has 0 amide bonds. The highest BCUT2D eigenvalue weighted by Crippen LogP contribution is 2.46. The maximum absolute atomic E-state index is 6.27. The molecule has 1 aliphatic rings. The number of hydrogen-bond acceptors (Lipinski definition) is 14. The quantitative estimate of drug-likeness (QED) is 0.110. The van der Waals surface area contributed by atoms with Crippen molar-refractivity contribution in [1.29, 1.82) is 0 Å². The van der Waals surface area contributed by atoms with Gasteiger partial charge in [0.05, 0.1) is 56.1 Å². The second-order valence-electron chi connectivity index (χ2n) is 33.0. The predicted molar refractivity (Wildman–Crippen MR) is 563 cm³/mol. The van der Waals surface area contributed by atoms with Gasteiger partial charge in [-0.15, -0.1) is 22.7 Å². The van der Waals surface area contributed by atoms with Crippen LogP contribution in [0.15, 0.2) is 391 Å². The van der Waals surface area contributed by atoms with Crippen LogP contribution in [0.2, 0.25) is 39.5 Å². The first-order valence-electron chi connectivity index (χ1n) is 43.4. The van der Waals surface area contributed by atoms with Crippen LogP contribution in [0.3, 0.4) is 0 Å². The third-order valence-corrected chi connectivity index (χ3v) is 31.6. The van der Waals surface area contributed by atoms with Crippen molar-refractivity contribution in [2.45, 2.75) is 13.1 Å². The number of furan rings is 2. The molecule has 26 aromatic rings. The van der Waals surface area contributed by atoms with Crippen molar-refractivity contribution in [3.8, 4) is 89.7 Å². The molecule has 0 aliphatic carbocycles. The number of para-hydroxylation sites is 9. The molecule has 0 radical (unpaired) electrons. The highest BCUT2D eigenvalue weighted by Gasteiger charge is 2.40. The molecule has 17 aromatic carbocycles. The van der Waals surface area contributed by atoms with Gasteiger partial charge in [-0.3, -0.25) is 0 Å². The summed E-state index contributed by atoms with van der Waals surface area (Å²) in [6, 6.07) is 131. The Morgan fingerprint density at radius 1 is 0.209 bits per heavy atom. The van der Waals surface area contributed by atoms with Gasteiger partial charge in [0.15, 0.2) is 0 Å². The smallest absolute Gasteiger partial charge is 0.223 e. The summed E-state index contributed by atoms with van der Waals surface area (Å²) in [6.07, 6.45) is 0. The second kappa shape index (κ2) is 35.0. The monoisotopic (exact) mass is 1880 g/mol. The summed E-state index contributed by atoms with van der Waals surface area (Å²) in [5.74, 6) is 0. The minimum absolute atomic E-state index is 0.233. The van der Waals surface area contributed by atoms with Gasteiger partial charge in [-0.2, -0.15) is 0 Å². The summed E-state index contributed by atoms with van der Waals surface area (Å²) in [7, 11) is -1.82. The van der Waals surface area contributed by atoms with E-state index in [0.717, 1.165) is 160 Å². The van der Waals surface area contributed by atoms with Crippen LogP contribution in [-0.2, 0) is 0 Å². The molecule has 27 rings (SSSR count). The zero-order chi connectivity index (χ0) is 90.2. The normalized spacial score (nSPS) is 12.1. The fourth-order valence-electron chi connectivity index (χ4n) is 18.8. The number of aromatic nitrogens is 10. The van der Waals surface area contributed by atoms with Crippen LogP contribution in [0.1, 0.15) is 0 Å². The number of nitrogens with zero attached hydrogens (tertiary/aromatic N) is 10. The molecule has 9 aromatic heterocycles. The molecule has 10 heterocycles. The van der Waals surface area contributed by atoms with Gasteiger partial charge in [0, 0.05) is 122 Å². The molecular formula is C114H69Cl5N10O2S2Si. The number of rotatable bonds is 7. The Labute approximate surface area is 801 Å². The van der Waals surface area contributed by atoms with E-state index in [9.17, 15) is 0 Å². The standard InChI is InChI=1S/C26H15ClN2O.C26H15ClN2S.C22H17ClN2Si.C20H11ClN2O.C20H11ClN2S/c2*27-26-28-22-10-3-1-7-21(22)24(29-26)17-14-12-16(13-15-17)18-8-5-9-20-19-6-2-4-11-23(19)30-25(18)20;1-26(2)19-13-6-4-8-14(19)15-10-7-11-17(21(15)26)20-16-9-3-5-12-18(16)24-22(23)25-20;2*21-20-22-16-10-3-1-7-14(16)18(23-20)15-9-5-8-13-12-6-2-4-11-17(12)24-19(13)15/h2*1-15H;3-13H,1-2H3;2*1-11H. The van der Waals surface area contributed by atoms with Crippen molar-refractivity contribution in [3.63, 3.8) is 0 Å². The van der Waals surface area contributed by atoms with Gasteiger partial charge >= 0.3 is 0 Å². The van der Waals surface area contributed by atoms with E-state index >= 15 is 0 Å². The molecule has 0 fully saturated rings. The molecule has 1 aliphatic heterocycles. The van der Waals surface area contributed by atoms with E-state index in [1.54, 1.807) is 11.3 Å². The van der Waals surface area contributed by atoms with E-state index in [1.165, 1.54) is 78.5 Å². The number of fused-ring (bicyclic) bond motifs is 20. The molecule has 0 atom stereocenters. The summed E-state index contributed by atoms with van der Waals surface area (Å²) < 4.78 is 17.5. The first-order chi connectivity index (χ1) is 65.7. The van der Waals surface area contributed by atoms with E-state index in [-0.39, 0.29) is 21.1 Å². The molecular weight excluding hydrogens is 1810 g/mol. The van der Waals surface area contributed by atoms with Crippen LogP contribution >= 0.6 is 80.7 Å². The summed E-state index contributed by atoms with van der Waals surface area (Å²) >= 11 is 34.6. The van der Waals surface area contributed by atoms with Crippen molar-refractivity contribution in [1.82, 2.24) is 49.8 Å². The summed E-state index contributed by atoms with van der Waals surface area (Å²) in [4.78, 5) is 44.4. The lowest BCUT2D eigenvalue weighted by molar-refractivity contribution is 0.669. The lowest BCUT2D eigenvalue weighted by atomic mass is 9.99. The first-order valence-corrected chi connectivity index (χ1v) is 50.0. The fourth-order valence-corrected chi connectivity index (χ4v) is 25.5. The molecule has 20 heteroatoms. The molecule has 0 spiro atoms. The van der Waals surface area contributed by atoms with E-state index in [2.05, 4.69) is 281 Å². The van der Waals surface area contributed by atoms with Gasteiger partial charge in [0.2, 0.25) is 26.4 Å². The van der Waals surface area contributed by atoms with Crippen LogP contribution in [0.5, 0.6) is 0 Å². The topological polar surface area (TPSA) is 155 Å². The van der Waals surface area contributed by atoms with Crippen LogP contribution in [-0.4, -0.2) is 57.9 Å². The van der Waals surface area contributed by atoms with Gasteiger partial charge in [-0.1, -0.05) is 335 Å². The molecule has 134 heavy (non-hydrogen) atoms. The largest absolute Gasteiger partial charge is 0.455 e. The molecule has 638 valence electrons. The Bertz CT molecular complexity index is 8750. The lowest BCUT2D eigenvalue weighted by Gasteiger charge is -2.22. The fraction of sp³-hybridized carbons (Fsp3) is 0.0175. The number of hydrogen-bond donors (Lipinski definition) is 0. The average Bonchev–Trinajstić information content (AvgIpc) is 1.56. The molecule has 0 saturated heterocycles. The maximum Gasteiger partial charge on any atom is 0.223 e. The van der Waals surface area contributed by atoms with Gasteiger partial charge < -0.3 is 8.83 Å². The highest BCUT2D eigenvalue weighted by atomic mass is 35.5. The van der Waals surface area contributed by atoms with Crippen LogP contribution in [0.4, 0.5) is 0 Å². The minimum atomic E-state index is -1.82. The van der Waals surface area contributed by atoms with E-state index in [4.69, 9.17) is 66.8 Å². The first kappa shape index (κ1) is 83.5. The van der Waals surface area contributed by atoms with Crippen molar-refractivity contribution in [2.24, 2.45) is 0 Å². The molecule has 0 unspecified atom stereocenters. The molecule has 0 bridgehead atoms. The summed E-state index contributed by atoms with van der Waals surface area (Å²) in [6.45, 7) is 4.85. The van der Waals surface area contributed by atoms with Gasteiger partial charge in [-0.05, 0) is 157 Å². The zero-order valence-corrected chi connectivity index (χ0v) is 77.8. The highest BCUT2D eigenvalue weighted by molar-refractivity contribution is 7.26. The van der Waals surface area contributed by atoms with Crippen LogP contribution in [0, 0.1) is 0 Å². The van der Waals surface area contributed by atoms with Crippen molar-refractivity contribution < 1.29 is 8.83 Å². The Hall–Kier alpha value is -14.9.